The van der Waals surface area contributed by atoms with E-state index in [4.69, 9.17) is 9.59 Å². The van der Waals surface area contributed by atoms with Gasteiger partial charge >= 0.3 is 91.6 Å². The Kier molecular flexibility index (Phi) is 8.01. The molecule has 96 valence electrons. The van der Waals surface area contributed by atoms with Gasteiger partial charge in [0.25, 0.3) is 13.6 Å². The van der Waals surface area contributed by atoms with Gasteiger partial charge in [-0.15, -0.1) is 0 Å². The van der Waals surface area contributed by atoms with E-state index in [0.717, 1.165) is 0 Å². The topological polar surface area (TPSA) is 34.1 Å². The van der Waals surface area contributed by atoms with Crippen LogP contribution in [-0.2, 0) is 25.6 Å². The second-order valence-corrected chi connectivity index (χ2v) is 4.16. The van der Waals surface area contributed by atoms with Crippen molar-refractivity contribution in [3.05, 3.63) is 59.7 Å². The van der Waals surface area contributed by atoms with Crippen molar-refractivity contribution < 1.29 is 38.0 Å². The molecule has 1 aliphatic carbocycles. The van der Waals surface area contributed by atoms with E-state index in [1.165, 1.54) is 22.3 Å². The van der Waals surface area contributed by atoms with Gasteiger partial charge in [-0.05, 0) is 0 Å². The molecule has 0 saturated carbocycles. The van der Waals surface area contributed by atoms with Crippen LogP contribution in [-0.4, -0.2) is 13.6 Å². The van der Waals surface area contributed by atoms with Crippen LogP contribution in [0.4, 0.5) is 0 Å². The van der Waals surface area contributed by atoms with Gasteiger partial charge in [0.1, 0.15) is 0 Å². The van der Waals surface area contributed by atoms with Crippen LogP contribution < -0.4 is 12.4 Å². The number of benzene rings is 2. The number of hydrogen-bond acceptors (Lipinski definition) is 2. The van der Waals surface area contributed by atoms with E-state index < -0.39 is 0 Å². The van der Waals surface area contributed by atoms with Crippen LogP contribution >= 0.6 is 0 Å². The van der Waals surface area contributed by atoms with Crippen LogP contribution in [0.2, 0.25) is 0 Å². The molecule has 3 rings (SSSR count). The zero-order valence-corrected chi connectivity index (χ0v) is 11.6. The molecular formula is C15H9ClFeO2. The van der Waals surface area contributed by atoms with E-state index in [0.29, 0.717) is 4.82 Å². The van der Waals surface area contributed by atoms with E-state index in [9.17, 15) is 0 Å². The molecule has 4 radical (unpaired) electrons. The zero-order valence-electron chi connectivity index (χ0n) is 9.74. The van der Waals surface area contributed by atoms with Gasteiger partial charge < -0.3 is 12.4 Å². The van der Waals surface area contributed by atoms with Crippen molar-refractivity contribution in [2.75, 3.05) is 0 Å². The molecule has 0 unspecified atom stereocenters. The van der Waals surface area contributed by atoms with E-state index >= 15 is 0 Å². The quantitative estimate of drug-likeness (QED) is 0.616. The van der Waals surface area contributed by atoms with E-state index in [2.05, 4.69) is 78.1 Å². The van der Waals surface area contributed by atoms with Crippen LogP contribution in [0.5, 0.6) is 0 Å². The van der Waals surface area contributed by atoms with Crippen molar-refractivity contribution in [3.8, 4) is 11.1 Å². The SMILES string of the molecule is [C]=O.[C]=O.[Cl-].[Fe+][CH]1c2ccccc2-c2ccccc21. The number of carbonyl (C=O) groups excluding carboxylic acids is 2. The molecule has 0 N–H and O–H groups in total. The van der Waals surface area contributed by atoms with E-state index in [1.54, 1.807) is 0 Å². The van der Waals surface area contributed by atoms with Crippen molar-refractivity contribution in [2.45, 2.75) is 4.82 Å². The third-order valence-corrected chi connectivity index (χ3v) is 3.43. The molecule has 0 saturated heterocycles. The molecule has 0 bridgehead atoms. The van der Waals surface area contributed by atoms with Crippen LogP contribution in [0.25, 0.3) is 11.1 Å². The average molecular weight is 313 g/mol. The minimum absolute atomic E-state index is 0. The fourth-order valence-electron chi connectivity index (χ4n) is 2.08. The summed E-state index contributed by atoms with van der Waals surface area (Å²) in [5.41, 5.74) is 5.41. The second-order valence-electron chi connectivity index (χ2n) is 3.52. The Morgan fingerprint density at radius 1 is 0.737 bits per heavy atom. The zero-order chi connectivity index (χ0) is 13.5. The van der Waals surface area contributed by atoms with Gasteiger partial charge in [-0.3, -0.25) is 9.59 Å². The summed E-state index contributed by atoms with van der Waals surface area (Å²) < 4.78 is 0. The monoisotopic (exact) mass is 312 g/mol. The molecule has 0 fully saturated rings. The molecule has 0 atom stereocenters. The Balaban J connectivity index is 0.000000597. The van der Waals surface area contributed by atoms with Gasteiger partial charge in [-0.25, -0.2) is 0 Å². The molecule has 2 aromatic carbocycles. The van der Waals surface area contributed by atoms with Gasteiger partial charge in [0.2, 0.25) is 0 Å². The van der Waals surface area contributed by atoms with Crippen molar-refractivity contribution in [1.29, 1.82) is 0 Å². The second kappa shape index (κ2) is 8.65. The van der Waals surface area contributed by atoms with E-state index in [1.807, 2.05) is 0 Å². The Bertz CT molecular complexity index is 484. The first-order valence-electron chi connectivity index (χ1n) is 5.09. The number of hydrogen-bond donors (Lipinski definition) is 0. The Morgan fingerprint density at radius 2 is 1.05 bits per heavy atom. The predicted octanol–water partition coefficient (Wildman–Crippen LogP) is -0.487. The van der Waals surface area contributed by atoms with Crippen LogP contribution in [0, 0.1) is 0 Å². The minimum atomic E-state index is 0. The van der Waals surface area contributed by atoms with Crippen molar-refractivity contribution in [3.63, 3.8) is 0 Å². The molecule has 4 heteroatoms. The average Bonchev–Trinajstić information content (AvgIpc) is 2.78. The Hall–Kier alpha value is -1.41. The van der Waals surface area contributed by atoms with Gasteiger partial charge in [0.15, 0.2) is 0 Å². The molecule has 0 amide bonds. The number of fused-ring (bicyclic) bond motifs is 3. The van der Waals surface area contributed by atoms with Crippen LogP contribution in [0.3, 0.4) is 0 Å². The summed E-state index contributed by atoms with van der Waals surface area (Å²) in [6.07, 6.45) is 0. The molecular weight excluding hydrogens is 303 g/mol. The van der Waals surface area contributed by atoms with Crippen molar-refractivity contribution in [1.82, 2.24) is 0 Å². The van der Waals surface area contributed by atoms with Crippen LogP contribution in [0.1, 0.15) is 15.9 Å². The molecule has 0 aliphatic heterocycles. The first-order valence-corrected chi connectivity index (χ1v) is 5.73. The van der Waals surface area contributed by atoms with Crippen molar-refractivity contribution >= 4 is 13.6 Å². The summed E-state index contributed by atoms with van der Waals surface area (Å²) in [5, 5.41) is 0. The van der Waals surface area contributed by atoms with Gasteiger partial charge in [-0.2, -0.15) is 0 Å². The summed E-state index contributed by atoms with van der Waals surface area (Å²) in [6.45, 7) is 9.00. The summed E-state index contributed by atoms with van der Waals surface area (Å²) in [4.78, 5) is 15.3. The first kappa shape index (κ1) is 17.6. The number of rotatable bonds is 0. The molecule has 2 aromatic rings. The summed E-state index contributed by atoms with van der Waals surface area (Å²) >= 11 is 4.22. The van der Waals surface area contributed by atoms with E-state index in [-0.39, 0.29) is 12.4 Å². The third kappa shape index (κ3) is 3.32. The standard InChI is InChI=1S/C13H9.2CO.ClH.Fe/c1-3-7-12-10(5-1)9-11-6-2-4-8-13(11)12;2*1-2;;/h1-9H;;;1H;/q;;;;+1/p-1. The fourth-order valence-corrected chi connectivity index (χ4v) is 2.64. The van der Waals surface area contributed by atoms with Gasteiger partial charge in [0, 0.05) is 0 Å². The number of halogens is 1. The summed E-state index contributed by atoms with van der Waals surface area (Å²) in [6, 6.07) is 17.1. The first-order chi connectivity index (χ1) is 8.88. The molecule has 0 aromatic heterocycles. The third-order valence-electron chi connectivity index (χ3n) is 2.74. The molecule has 0 heterocycles. The maximum absolute atomic E-state index is 7.50. The van der Waals surface area contributed by atoms with Gasteiger partial charge in [0.05, 0.1) is 0 Å². The Morgan fingerprint density at radius 3 is 1.42 bits per heavy atom. The maximum atomic E-state index is 7.50. The summed E-state index contributed by atoms with van der Waals surface area (Å²) in [7, 11) is 0. The normalized spacial score (nSPS) is 10.6. The molecule has 2 nitrogen and oxygen atoms in total. The summed E-state index contributed by atoms with van der Waals surface area (Å²) in [5.74, 6) is 0. The van der Waals surface area contributed by atoms with Crippen molar-refractivity contribution in [2.24, 2.45) is 0 Å². The predicted molar refractivity (Wildman–Crippen MR) is 65.1 cm³/mol. The van der Waals surface area contributed by atoms with Gasteiger partial charge in [-0.1, -0.05) is 0 Å². The van der Waals surface area contributed by atoms with Crippen LogP contribution in [0.15, 0.2) is 48.5 Å². The molecule has 0 spiro atoms. The molecule has 19 heavy (non-hydrogen) atoms. The fraction of sp³-hybridized carbons (Fsp3) is 0.0667. The Labute approximate surface area is 127 Å². The molecule has 1 aliphatic rings.